The van der Waals surface area contributed by atoms with Crippen molar-refractivity contribution in [2.45, 2.75) is 13.3 Å². The summed E-state index contributed by atoms with van der Waals surface area (Å²) >= 11 is 0. The van der Waals surface area contributed by atoms with E-state index in [0.717, 1.165) is 0 Å². The second-order valence-electron chi connectivity index (χ2n) is 2.44. The molecule has 0 spiro atoms. The van der Waals surface area contributed by atoms with Gasteiger partial charge in [-0.15, -0.1) is 0 Å². The van der Waals surface area contributed by atoms with Crippen molar-refractivity contribution < 1.29 is 28.3 Å². The van der Waals surface area contributed by atoms with Crippen LogP contribution in [0.15, 0.2) is 12.2 Å². The Kier molecular flexibility index (Phi) is 6.33. The van der Waals surface area contributed by atoms with E-state index in [9.17, 15) is 4.79 Å². The van der Waals surface area contributed by atoms with Crippen molar-refractivity contribution in [2.24, 2.45) is 0 Å². The second-order valence-corrected chi connectivity index (χ2v) is 3.88. The van der Waals surface area contributed by atoms with E-state index < -0.39 is 15.0 Å². The molecule has 0 unspecified atom stereocenters. The lowest BCUT2D eigenvalue weighted by Crippen LogP contribution is -2.39. The fourth-order valence-corrected chi connectivity index (χ4v) is 1.04. The first-order chi connectivity index (χ1) is 6.45. The molecule has 0 bridgehead atoms. The van der Waals surface area contributed by atoms with Crippen molar-refractivity contribution in [2.75, 3.05) is 13.2 Å². The summed E-state index contributed by atoms with van der Waals surface area (Å²) < 4.78 is 8.93. The van der Waals surface area contributed by atoms with Crippen molar-refractivity contribution in [3.63, 3.8) is 0 Å². The molecule has 0 saturated heterocycles. The van der Waals surface area contributed by atoms with Crippen molar-refractivity contribution in [3.05, 3.63) is 12.2 Å². The summed E-state index contributed by atoms with van der Waals surface area (Å²) in [5.41, 5.74) is 0. The molecule has 3 N–H and O–H groups in total. The zero-order valence-corrected chi connectivity index (χ0v) is 8.84. The van der Waals surface area contributed by atoms with Crippen LogP contribution >= 0.6 is 0 Å². The molecule has 0 saturated carbocycles. The van der Waals surface area contributed by atoms with Gasteiger partial charge in [0.05, 0.1) is 6.61 Å². The molecule has 0 aromatic carbocycles. The Bertz CT molecular complexity index is 197. The van der Waals surface area contributed by atoms with Crippen molar-refractivity contribution in [1.29, 1.82) is 0 Å². The highest BCUT2D eigenvalue weighted by Gasteiger charge is 2.29. The number of carbonyl (C=O) groups excluding carboxylic acids is 1. The van der Waals surface area contributed by atoms with E-state index in [2.05, 4.69) is 9.16 Å². The zero-order valence-electron chi connectivity index (χ0n) is 7.84. The first-order valence-electron chi connectivity index (χ1n) is 4.06. The lowest BCUT2D eigenvalue weighted by atomic mass is 10.5. The summed E-state index contributed by atoms with van der Waals surface area (Å²) in [4.78, 5) is 36.0. The SMILES string of the molecule is CC=CC(=O)OCCCO[Si](O)(O)O. The first-order valence-corrected chi connectivity index (χ1v) is 5.81. The summed E-state index contributed by atoms with van der Waals surface area (Å²) in [5.74, 6) is -0.465. The Morgan fingerprint density at radius 3 is 2.50 bits per heavy atom. The van der Waals surface area contributed by atoms with E-state index in [1.807, 2.05) is 0 Å². The molecule has 0 amide bonds. The molecule has 0 aromatic heterocycles. The Labute approximate surface area is 82.9 Å². The van der Waals surface area contributed by atoms with Crippen molar-refractivity contribution >= 4 is 15.0 Å². The van der Waals surface area contributed by atoms with E-state index in [-0.39, 0.29) is 13.2 Å². The third-order valence-corrected chi connectivity index (χ3v) is 1.72. The predicted molar refractivity (Wildman–Crippen MR) is 48.8 cm³/mol. The normalized spacial score (nSPS) is 12.0. The Morgan fingerprint density at radius 2 is 2.00 bits per heavy atom. The molecule has 0 aromatic rings. The summed E-state index contributed by atoms with van der Waals surface area (Å²) in [6.07, 6.45) is 3.11. The molecule has 0 aliphatic carbocycles. The van der Waals surface area contributed by atoms with E-state index in [1.54, 1.807) is 13.0 Å². The average molecular weight is 222 g/mol. The van der Waals surface area contributed by atoms with Gasteiger partial charge < -0.3 is 23.5 Å². The van der Waals surface area contributed by atoms with E-state index in [0.29, 0.717) is 6.42 Å². The fraction of sp³-hybridized carbons (Fsp3) is 0.571. The third kappa shape index (κ3) is 9.36. The Balaban J connectivity index is 3.35. The predicted octanol–water partition coefficient (Wildman–Crippen LogP) is -1.08. The molecule has 0 atom stereocenters. The largest absolute Gasteiger partial charge is 0.671 e. The van der Waals surface area contributed by atoms with Crippen LogP contribution in [0, 0.1) is 0 Å². The average Bonchev–Trinajstić information content (AvgIpc) is 2.02. The summed E-state index contributed by atoms with van der Waals surface area (Å²) in [6, 6.07) is 0. The molecule has 0 aliphatic rings. The van der Waals surface area contributed by atoms with Gasteiger partial charge >= 0.3 is 15.0 Å². The first kappa shape index (κ1) is 13.3. The number of rotatable bonds is 6. The minimum atomic E-state index is -4.40. The van der Waals surface area contributed by atoms with Gasteiger partial charge in [-0.2, -0.15) is 0 Å². The molecule has 0 aliphatic heterocycles. The van der Waals surface area contributed by atoms with E-state index >= 15 is 0 Å². The van der Waals surface area contributed by atoms with E-state index in [4.69, 9.17) is 14.4 Å². The van der Waals surface area contributed by atoms with Gasteiger partial charge in [-0.25, -0.2) is 4.79 Å². The number of carbonyl (C=O) groups is 1. The van der Waals surface area contributed by atoms with Crippen LogP contribution in [0.5, 0.6) is 0 Å². The molecule has 0 radical (unpaired) electrons. The lowest BCUT2D eigenvalue weighted by molar-refractivity contribution is -0.138. The molecule has 0 fully saturated rings. The van der Waals surface area contributed by atoms with Crippen LogP contribution in [0.4, 0.5) is 0 Å². The minimum absolute atomic E-state index is 0.0706. The van der Waals surface area contributed by atoms with Gasteiger partial charge in [0.1, 0.15) is 0 Å². The second kappa shape index (κ2) is 6.68. The number of hydrogen-bond donors (Lipinski definition) is 3. The molecule has 0 heterocycles. The highest BCUT2D eigenvalue weighted by atomic mass is 28.4. The maximum absolute atomic E-state index is 10.7. The van der Waals surface area contributed by atoms with Gasteiger partial charge in [0.25, 0.3) is 0 Å². The maximum atomic E-state index is 10.7. The maximum Gasteiger partial charge on any atom is 0.671 e. The lowest BCUT2D eigenvalue weighted by Gasteiger charge is -2.09. The number of allylic oxidation sites excluding steroid dienone is 1. The third-order valence-electron chi connectivity index (χ3n) is 1.13. The van der Waals surface area contributed by atoms with Crippen molar-refractivity contribution in [1.82, 2.24) is 0 Å². The molecule has 7 heteroatoms. The van der Waals surface area contributed by atoms with Crippen LogP contribution in [-0.2, 0) is 14.0 Å². The molecule has 6 nitrogen and oxygen atoms in total. The fourth-order valence-electron chi connectivity index (χ4n) is 0.625. The summed E-state index contributed by atoms with van der Waals surface area (Å²) in [5, 5.41) is 0. The van der Waals surface area contributed by atoms with Crippen LogP contribution in [-0.4, -0.2) is 42.6 Å². The van der Waals surface area contributed by atoms with Crippen LogP contribution in [0.3, 0.4) is 0 Å². The highest BCUT2D eigenvalue weighted by Crippen LogP contribution is 1.92. The van der Waals surface area contributed by atoms with Crippen LogP contribution in [0.2, 0.25) is 0 Å². The quantitative estimate of drug-likeness (QED) is 0.229. The van der Waals surface area contributed by atoms with Gasteiger partial charge in [0, 0.05) is 19.1 Å². The van der Waals surface area contributed by atoms with Crippen LogP contribution < -0.4 is 0 Å². The molecular weight excluding hydrogens is 208 g/mol. The molecule has 0 rings (SSSR count). The van der Waals surface area contributed by atoms with Gasteiger partial charge in [-0.1, -0.05) is 6.08 Å². The van der Waals surface area contributed by atoms with Crippen molar-refractivity contribution in [3.8, 4) is 0 Å². The Morgan fingerprint density at radius 1 is 1.36 bits per heavy atom. The van der Waals surface area contributed by atoms with Crippen LogP contribution in [0.1, 0.15) is 13.3 Å². The van der Waals surface area contributed by atoms with Gasteiger partial charge in [-0.3, -0.25) is 0 Å². The Hall–Kier alpha value is -0.733. The molecule has 14 heavy (non-hydrogen) atoms. The van der Waals surface area contributed by atoms with Gasteiger partial charge in [0.15, 0.2) is 0 Å². The van der Waals surface area contributed by atoms with Gasteiger partial charge in [0.2, 0.25) is 0 Å². The monoisotopic (exact) mass is 222 g/mol. The molecular formula is C7H14O6Si. The number of hydrogen-bond acceptors (Lipinski definition) is 6. The summed E-state index contributed by atoms with van der Waals surface area (Å²) in [6.45, 7) is 1.72. The van der Waals surface area contributed by atoms with Gasteiger partial charge in [-0.05, 0) is 6.92 Å². The highest BCUT2D eigenvalue weighted by molar-refractivity contribution is 6.48. The molecule has 82 valence electrons. The van der Waals surface area contributed by atoms with E-state index in [1.165, 1.54) is 6.08 Å². The summed E-state index contributed by atoms with van der Waals surface area (Å²) in [7, 11) is -4.40. The van der Waals surface area contributed by atoms with Crippen LogP contribution in [0.25, 0.3) is 0 Å². The standard InChI is InChI=1S/C7H14O6Si/c1-2-4-7(8)12-5-3-6-13-14(9,10)11/h2,4,9-11H,3,5-6H2,1H3. The number of esters is 1. The topological polar surface area (TPSA) is 96.2 Å². The number of ether oxygens (including phenoxy) is 1. The minimum Gasteiger partial charge on any atom is -0.462 e. The zero-order chi connectivity index (χ0) is 11.0. The smallest absolute Gasteiger partial charge is 0.462 e.